The number of ether oxygens (including phenoxy) is 1. The maximum absolute atomic E-state index is 9.81. The number of halogens is 1. The molecule has 106 valence electrons. The Bertz CT molecular complexity index is 382. The summed E-state index contributed by atoms with van der Waals surface area (Å²) in [6.45, 7) is 1.81. The number of aliphatic hydroxyl groups is 1. The maximum Gasteiger partial charge on any atom is 0.138 e. The normalized spacial score (nSPS) is 16.9. The first-order valence-corrected chi connectivity index (χ1v) is 7.39. The van der Waals surface area contributed by atoms with E-state index in [0.717, 1.165) is 12.5 Å². The topological polar surface area (TPSA) is 41.5 Å². The first-order valence-electron chi connectivity index (χ1n) is 7.02. The molecule has 1 fully saturated rings. The molecule has 1 aromatic carbocycles. The molecule has 1 atom stereocenters. The second-order valence-electron chi connectivity index (χ2n) is 5.18. The molecule has 19 heavy (non-hydrogen) atoms. The van der Waals surface area contributed by atoms with Crippen molar-refractivity contribution in [2.75, 3.05) is 19.7 Å². The second kappa shape index (κ2) is 7.73. The minimum atomic E-state index is -0.502. The number of nitrogens with one attached hydrogen (secondary N) is 1. The summed E-state index contributed by atoms with van der Waals surface area (Å²) in [7, 11) is 0. The van der Waals surface area contributed by atoms with Gasteiger partial charge in [0.05, 0.1) is 5.02 Å². The van der Waals surface area contributed by atoms with Gasteiger partial charge >= 0.3 is 0 Å². The van der Waals surface area contributed by atoms with E-state index < -0.39 is 6.10 Å². The molecule has 0 saturated heterocycles. The van der Waals surface area contributed by atoms with Gasteiger partial charge in [0.15, 0.2) is 0 Å². The fraction of sp³-hybridized carbons (Fsp3) is 0.600. The fourth-order valence-electron chi connectivity index (χ4n) is 2.16. The first-order chi connectivity index (χ1) is 9.25. The Morgan fingerprint density at radius 1 is 1.37 bits per heavy atom. The lowest BCUT2D eigenvalue weighted by Crippen LogP contribution is -2.33. The molecule has 2 N–H and O–H groups in total. The molecule has 1 aromatic rings. The summed E-state index contributed by atoms with van der Waals surface area (Å²) in [6, 6.07) is 7.30. The zero-order valence-electron chi connectivity index (χ0n) is 11.1. The fourth-order valence-corrected chi connectivity index (χ4v) is 2.35. The van der Waals surface area contributed by atoms with E-state index in [1.165, 1.54) is 25.7 Å². The third-order valence-corrected chi connectivity index (χ3v) is 3.91. The molecule has 0 aromatic heterocycles. The first kappa shape index (κ1) is 14.6. The molecule has 0 aliphatic heterocycles. The summed E-state index contributed by atoms with van der Waals surface area (Å²) in [4.78, 5) is 0. The third-order valence-electron chi connectivity index (χ3n) is 3.60. The average Bonchev–Trinajstić information content (AvgIpc) is 2.35. The van der Waals surface area contributed by atoms with Crippen LogP contribution in [0.4, 0.5) is 0 Å². The summed E-state index contributed by atoms with van der Waals surface area (Å²) < 4.78 is 5.49. The van der Waals surface area contributed by atoms with Crippen LogP contribution in [-0.4, -0.2) is 30.9 Å². The maximum atomic E-state index is 9.81. The van der Waals surface area contributed by atoms with E-state index in [2.05, 4.69) is 5.32 Å². The molecule has 1 aliphatic rings. The van der Waals surface area contributed by atoms with Gasteiger partial charge in [-0.25, -0.2) is 0 Å². The van der Waals surface area contributed by atoms with Gasteiger partial charge in [0.2, 0.25) is 0 Å². The summed E-state index contributed by atoms with van der Waals surface area (Å²) in [5.74, 6) is 1.53. The summed E-state index contributed by atoms with van der Waals surface area (Å²) in [6.07, 6.45) is 4.86. The van der Waals surface area contributed by atoms with Crippen LogP contribution in [0, 0.1) is 5.92 Å². The quantitative estimate of drug-likeness (QED) is 0.721. The summed E-state index contributed by atoms with van der Waals surface area (Å²) in [5.41, 5.74) is 0. The Balaban J connectivity index is 1.56. The minimum absolute atomic E-state index is 0.264. The Hall–Kier alpha value is -0.770. The molecule has 2 rings (SSSR count). The van der Waals surface area contributed by atoms with Crippen LogP contribution in [-0.2, 0) is 0 Å². The van der Waals surface area contributed by atoms with Gasteiger partial charge in [-0.3, -0.25) is 0 Å². The van der Waals surface area contributed by atoms with Crippen molar-refractivity contribution in [2.24, 2.45) is 5.92 Å². The van der Waals surface area contributed by atoms with Crippen molar-refractivity contribution < 1.29 is 9.84 Å². The van der Waals surface area contributed by atoms with E-state index in [9.17, 15) is 5.11 Å². The predicted octanol–water partition coefficient (Wildman–Crippen LogP) is 2.86. The molecule has 3 nitrogen and oxygen atoms in total. The van der Waals surface area contributed by atoms with Crippen LogP contribution in [0.3, 0.4) is 0 Å². The van der Waals surface area contributed by atoms with Crippen LogP contribution in [0.15, 0.2) is 24.3 Å². The van der Waals surface area contributed by atoms with Crippen LogP contribution >= 0.6 is 11.6 Å². The third kappa shape index (κ3) is 5.01. The molecular weight excluding hydrogens is 262 g/mol. The molecule has 0 amide bonds. The van der Waals surface area contributed by atoms with Gasteiger partial charge in [0, 0.05) is 6.54 Å². The molecule has 0 radical (unpaired) electrons. The lowest BCUT2D eigenvalue weighted by atomic mass is 9.83. The highest BCUT2D eigenvalue weighted by molar-refractivity contribution is 6.32. The van der Waals surface area contributed by atoms with E-state index in [1.54, 1.807) is 12.1 Å². The number of hydrogen-bond donors (Lipinski definition) is 2. The molecule has 0 spiro atoms. The molecule has 0 bridgehead atoms. The number of hydrogen-bond acceptors (Lipinski definition) is 3. The van der Waals surface area contributed by atoms with Crippen molar-refractivity contribution in [1.82, 2.24) is 5.32 Å². The highest BCUT2D eigenvalue weighted by Crippen LogP contribution is 2.28. The Morgan fingerprint density at radius 3 is 2.84 bits per heavy atom. The van der Waals surface area contributed by atoms with Crippen LogP contribution in [0.1, 0.15) is 25.7 Å². The van der Waals surface area contributed by atoms with E-state index in [1.807, 2.05) is 12.1 Å². The number of aliphatic hydroxyl groups excluding tert-OH is 1. The molecular formula is C15H22ClNO2. The van der Waals surface area contributed by atoms with E-state index in [0.29, 0.717) is 17.3 Å². The monoisotopic (exact) mass is 283 g/mol. The number of benzene rings is 1. The SMILES string of the molecule is OC(CNCCC1CCC1)COc1ccccc1Cl. The lowest BCUT2D eigenvalue weighted by molar-refractivity contribution is 0.106. The van der Waals surface area contributed by atoms with Gasteiger partial charge in [-0.1, -0.05) is 43.0 Å². The van der Waals surface area contributed by atoms with Gasteiger partial charge < -0.3 is 15.2 Å². The van der Waals surface area contributed by atoms with Gasteiger partial charge in [0.1, 0.15) is 18.5 Å². The zero-order valence-corrected chi connectivity index (χ0v) is 11.9. The zero-order chi connectivity index (χ0) is 13.5. The van der Waals surface area contributed by atoms with Crippen LogP contribution < -0.4 is 10.1 Å². The largest absolute Gasteiger partial charge is 0.489 e. The summed E-state index contributed by atoms with van der Waals surface area (Å²) >= 11 is 5.97. The van der Waals surface area contributed by atoms with Crippen LogP contribution in [0.25, 0.3) is 0 Å². The van der Waals surface area contributed by atoms with Crippen molar-refractivity contribution in [3.8, 4) is 5.75 Å². The molecule has 4 heteroatoms. The summed E-state index contributed by atoms with van der Waals surface area (Å²) in [5, 5.41) is 13.7. The second-order valence-corrected chi connectivity index (χ2v) is 5.59. The van der Waals surface area contributed by atoms with E-state index >= 15 is 0 Å². The minimum Gasteiger partial charge on any atom is -0.489 e. The number of rotatable bonds is 8. The average molecular weight is 284 g/mol. The molecule has 1 saturated carbocycles. The highest BCUT2D eigenvalue weighted by atomic mass is 35.5. The Kier molecular flexibility index (Phi) is 5.95. The van der Waals surface area contributed by atoms with Crippen molar-refractivity contribution in [2.45, 2.75) is 31.8 Å². The van der Waals surface area contributed by atoms with Crippen LogP contribution in [0.2, 0.25) is 5.02 Å². The van der Waals surface area contributed by atoms with Crippen molar-refractivity contribution in [3.63, 3.8) is 0 Å². The lowest BCUT2D eigenvalue weighted by Gasteiger charge is -2.25. The smallest absolute Gasteiger partial charge is 0.138 e. The van der Waals surface area contributed by atoms with Crippen molar-refractivity contribution in [1.29, 1.82) is 0 Å². The Morgan fingerprint density at radius 2 is 2.16 bits per heavy atom. The highest BCUT2D eigenvalue weighted by Gasteiger charge is 2.16. The van der Waals surface area contributed by atoms with Gasteiger partial charge in [0.25, 0.3) is 0 Å². The van der Waals surface area contributed by atoms with Crippen molar-refractivity contribution in [3.05, 3.63) is 29.3 Å². The number of para-hydroxylation sites is 1. The van der Waals surface area contributed by atoms with E-state index in [-0.39, 0.29) is 6.61 Å². The molecule has 0 heterocycles. The van der Waals surface area contributed by atoms with Gasteiger partial charge in [-0.05, 0) is 31.0 Å². The van der Waals surface area contributed by atoms with Gasteiger partial charge in [-0.2, -0.15) is 0 Å². The predicted molar refractivity (Wildman–Crippen MR) is 77.8 cm³/mol. The Labute approximate surface area is 119 Å². The molecule has 1 aliphatic carbocycles. The van der Waals surface area contributed by atoms with E-state index in [4.69, 9.17) is 16.3 Å². The molecule has 1 unspecified atom stereocenters. The van der Waals surface area contributed by atoms with Crippen molar-refractivity contribution >= 4 is 11.6 Å². The van der Waals surface area contributed by atoms with Gasteiger partial charge in [-0.15, -0.1) is 0 Å². The standard InChI is InChI=1S/C15H22ClNO2/c16-14-6-1-2-7-15(14)19-11-13(18)10-17-9-8-12-4-3-5-12/h1-2,6-7,12-13,17-18H,3-5,8-11H2. The van der Waals surface area contributed by atoms with Crippen LogP contribution in [0.5, 0.6) is 5.75 Å².